The van der Waals surface area contributed by atoms with Crippen LogP contribution in [-0.2, 0) is 14.9 Å². The lowest BCUT2D eigenvalue weighted by Crippen LogP contribution is -2.44. The van der Waals surface area contributed by atoms with E-state index in [0.717, 1.165) is 99.9 Å². The monoisotopic (exact) mass is 558 g/mol. The molecule has 2 aromatic rings. The molecule has 8 nitrogen and oxygen atoms in total. The number of nitrogens with two attached hydrogens (primary N) is 1. The van der Waals surface area contributed by atoms with Gasteiger partial charge in [0.05, 0.1) is 16.7 Å². The van der Waals surface area contributed by atoms with Crippen molar-refractivity contribution in [2.24, 2.45) is 17.6 Å². The zero-order valence-electron chi connectivity index (χ0n) is 24.3. The Kier molecular flexibility index (Phi) is 7.62. The molecule has 4 aliphatic rings. The number of pyridine rings is 1. The van der Waals surface area contributed by atoms with Gasteiger partial charge in [0, 0.05) is 44.0 Å². The highest BCUT2D eigenvalue weighted by molar-refractivity contribution is 5.97. The first-order valence-electron chi connectivity index (χ1n) is 15.3. The van der Waals surface area contributed by atoms with Crippen molar-refractivity contribution in [3.05, 3.63) is 64.5 Å². The largest absolute Gasteiger partial charge is 0.462 e. The number of aryl methyl sites for hydroxylation is 2. The lowest BCUT2D eigenvalue weighted by molar-refractivity contribution is -0.158. The van der Waals surface area contributed by atoms with Crippen molar-refractivity contribution < 1.29 is 19.1 Å². The van der Waals surface area contributed by atoms with Crippen LogP contribution in [0.1, 0.15) is 88.9 Å². The minimum atomic E-state index is -0.630. The van der Waals surface area contributed by atoms with E-state index in [1.807, 2.05) is 36.9 Å². The third-order valence-corrected chi connectivity index (χ3v) is 10.3. The summed E-state index contributed by atoms with van der Waals surface area (Å²) in [4.78, 5) is 47.6. The number of ether oxygens (including phenoxy) is 1. The van der Waals surface area contributed by atoms with Crippen LogP contribution in [0.2, 0.25) is 0 Å². The SMILES string of the molecule is Cc1ccnc(C)c1C(=O)N1CC2CN(C3CCCC(OC(=O)C4(c5ccc(C(N)=O)cc5)CCCC4)C3)CC2C1. The highest BCUT2D eigenvalue weighted by Gasteiger charge is 2.47. The number of amides is 2. The fraction of sp³-hybridized carbons (Fsp3) is 0.576. The van der Waals surface area contributed by atoms with Gasteiger partial charge in [-0.25, -0.2) is 0 Å². The van der Waals surface area contributed by atoms with Crippen LogP contribution in [0.25, 0.3) is 0 Å². The van der Waals surface area contributed by atoms with Gasteiger partial charge in [-0.3, -0.25) is 24.3 Å². The van der Waals surface area contributed by atoms with Crippen molar-refractivity contribution in [1.29, 1.82) is 0 Å². The number of benzene rings is 1. The number of aromatic nitrogens is 1. The molecule has 3 heterocycles. The summed E-state index contributed by atoms with van der Waals surface area (Å²) in [6.07, 6.45) is 9.21. The highest BCUT2D eigenvalue weighted by atomic mass is 16.5. The van der Waals surface area contributed by atoms with Crippen LogP contribution in [0.3, 0.4) is 0 Å². The van der Waals surface area contributed by atoms with E-state index in [2.05, 4.69) is 9.88 Å². The van der Waals surface area contributed by atoms with Crippen molar-refractivity contribution in [3.8, 4) is 0 Å². The van der Waals surface area contributed by atoms with E-state index in [9.17, 15) is 14.4 Å². The Morgan fingerprint density at radius 2 is 1.61 bits per heavy atom. The average molecular weight is 559 g/mol. The molecule has 4 atom stereocenters. The van der Waals surface area contributed by atoms with Crippen LogP contribution < -0.4 is 5.73 Å². The van der Waals surface area contributed by atoms with E-state index < -0.39 is 11.3 Å². The first-order valence-corrected chi connectivity index (χ1v) is 15.3. The molecule has 2 saturated carbocycles. The molecule has 0 spiro atoms. The predicted molar refractivity (Wildman–Crippen MR) is 155 cm³/mol. The second-order valence-corrected chi connectivity index (χ2v) is 12.9. The fourth-order valence-electron chi connectivity index (χ4n) is 8.03. The number of hydrogen-bond acceptors (Lipinski definition) is 6. The molecule has 0 radical (unpaired) electrons. The number of hydrogen-bond donors (Lipinski definition) is 1. The maximum absolute atomic E-state index is 13.7. The molecule has 2 aliphatic heterocycles. The molecule has 4 fully saturated rings. The quantitative estimate of drug-likeness (QED) is 0.534. The molecule has 218 valence electrons. The number of carbonyl (C=O) groups excluding carboxylic acids is 3. The van der Waals surface area contributed by atoms with E-state index in [1.54, 1.807) is 18.3 Å². The number of rotatable bonds is 6. The third kappa shape index (κ3) is 5.27. The van der Waals surface area contributed by atoms with Gasteiger partial charge in [-0.1, -0.05) is 25.0 Å². The van der Waals surface area contributed by atoms with Crippen LogP contribution in [0.4, 0.5) is 0 Å². The maximum Gasteiger partial charge on any atom is 0.316 e. The Bertz CT molecular complexity index is 1280. The topological polar surface area (TPSA) is 106 Å². The molecule has 1 aromatic carbocycles. The summed E-state index contributed by atoms with van der Waals surface area (Å²) < 4.78 is 6.30. The summed E-state index contributed by atoms with van der Waals surface area (Å²) in [5, 5.41) is 0. The van der Waals surface area contributed by atoms with Crippen molar-refractivity contribution >= 4 is 17.8 Å². The molecular weight excluding hydrogens is 516 g/mol. The zero-order valence-corrected chi connectivity index (χ0v) is 24.3. The van der Waals surface area contributed by atoms with Crippen LogP contribution in [-0.4, -0.2) is 70.9 Å². The van der Waals surface area contributed by atoms with E-state index in [4.69, 9.17) is 10.5 Å². The number of nitrogens with zero attached hydrogens (tertiary/aromatic N) is 3. The minimum Gasteiger partial charge on any atom is -0.462 e. The van der Waals surface area contributed by atoms with E-state index >= 15 is 0 Å². The lowest BCUT2D eigenvalue weighted by Gasteiger charge is -2.37. The van der Waals surface area contributed by atoms with E-state index in [0.29, 0.717) is 23.4 Å². The molecule has 8 heteroatoms. The molecule has 1 aromatic heterocycles. The molecule has 2 amide bonds. The number of primary amides is 1. The van der Waals surface area contributed by atoms with Crippen LogP contribution in [0.5, 0.6) is 0 Å². The summed E-state index contributed by atoms with van der Waals surface area (Å²) in [6, 6.07) is 9.53. The first-order chi connectivity index (χ1) is 19.7. The Labute approximate surface area is 242 Å². The Balaban J connectivity index is 1.06. The summed E-state index contributed by atoms with van der Waals surface area (Å²) >= 11 is 0. The van der Waals surface area contributed by atoms with Crippen LogP contribution in [0.15, 0.2) is 36.5 Å². The molecule has 0 bridgehead atoms. The van der Waals surface area contributed by atoms with Gasteiger partial charge in [0.2, 0.25) is 5.91 Å². The Morgan fingerprint density at radius 3 is 2.24 bits per heavy atom. The number of carbonyl (C=O) groups is 3. The van der Waals surface area contributed by atoms with Gasteiger partial charge in [-0.2, -0.15) is 0 Å². The highest BCUT2D eigenvalue weighted by Crippen LogP contribution is 2.43. The molecule has 2 aliphatic carbocycles. The standard InChI is InChI=1S/C33H42N4O4/c1-21-12-15-35-22(2)29(21)31(39)37-19-24-17-36(18-25(24)20-37)27-6-5-7-28(16-27)41-32(40)33(13-3-4-14-33)26-10-8-23(9-11-26)30(34)38/h8-12,15,24-25,27-28H,3-7,13-14,16-20H2,1-2H3,(H2,34,38). The Morgan fingerprint density at radius 1 is 0.927 bits per heavy atom. The second-order valence-electron chi connectivity index (χ2n) is 12.9. The van der Waals surface area contributed by atoms with E-state index in [1.165, 1.54) is 0 Å². The van der Waals surface area contributed by atoms with E-state index in [-0.39, 0.29) is 18.0 Å². The zero-order chi connectivity index (χ0) is 28.7. The summed E-state index contributed by atoms with van der Waals surface area (Å²) in [7, 11) is 0. The van der Waals surface area contributed by atoms with Gasteiger partial charge in [0.25, 0.3) is 5.91 Å². The summed E-state index contributed by atoms with van der Waals surface area (Å²) in [6.45, 7) is 7.51. The molecule has 2 saturated heterocycles. The number of esters is 1. The van der Waals surface area contributed by atoms with Crippen molar-refractivity contribution in [2.75, 3.05) is 26.2 Å². The van der Waals surface area contributed by atoms with Gasteiger partial charge in [0.15, 0.2) is 0 Å². The van der Waals surface area contributed by atoms with Gasteiger partial charge >= 0.3 is 5.97 Å². The normalized spacial score (nSPS) is 27.5. The molecule has 4 unspecified atom stereocenters. The average Bonchev–Trinajstić information content (AvgIpc) is 3.69. The minimum absolute atomic E-state index is 0.0707. The van der Waals surface area contributed by atoms with Crippen molar-refractivity contribution in [2.45, 2.75) is 82.8 Å². The molecule has 2 N–H and O–H groups in total. The lowest BCUT2D eigenvalue weighted by atomic mass is 9.78. The summed E-state index contributed by atoms with van der Waals surface area (Å²) in [5.41, 5.74) is 8.73. The van der Waals surface area contributed by atoms with Crippen molar-refractivity contribution in [3.63, 3.8) is 0 Å². The molecule has 6 rings (SSSR count). The maximum atomic E-state index is 13.7. The predicted octanol–water partition coefficient (Wildman–Crippen LogP) is 4.17. The Hall–Kier alpha value is -3.26. The fourth-order valence-corrected chi connectivity index (χ4v) is 8.03. The van der Waals surface area contributed by atoms with Gasteiger partial charge in [-0.05, 0) is 93.5 Å². The van der Waals surface area contributed by atoms with Gasteiger partial charge in [0.1, 0.15) is 6.10 Å². The van der Waals surface area contributed by atoms with Crippen LogP contribution >= 0.6 is 0 Å². The van der Waals surface area contributed by atoms with Gasteiger partial charge < -0.3 is 15.4 Å². The number of likely N-dealkylation sites (tertiary alicyclic amines) is 2. The second kappa shape index (κ2) is 11.2. The summed E-state index contributed by atoms with van der Waals surface area (Å²) in [5.74, 6) is 0.523. The first kappa shape index (κ1) is 27.9. The number of fused-ring (bicyclic) bond motifs is 1. The smallest absolute Gasteiger partial charge is 0.316 e. The van der Waals surface area contributed by atoms with Crippen molar-refractivity contribution in [1.82, 2.24) is 14.8 Å². The molecule has 41 heavy (non-hydrogen) atoms. The van der Waals surface area contributed by atoms with Gasteiger partial charge in [-0.15, -0.1) is 0 Å². The van der Waals surface area contributed by atoms with Crippen LogP contribution in [0, 0.1) is 25.7 Å². The molecular formula is C33H42N4O4. The third-order valence-electron chi connectivity index (χ3n) is 10.3.